The van der Waals surface area contributed by atoms with Gasteiger partial charge in [0, 0.05) is 12.8 Å². The van der Waals surface area contributed by atoms with Crippen LogP contribution in [0.25, 0.3) is 0 Å². The lowest BCUT2D eigenvalue weighted by Gasteiger charge is -2.21. The monoisotopic (exact) mass is 157 g/mol. The molecular formula is C6H13N4O+. The van der Waals surface area contributed by atoms with Gasteiger partial charge in [0.2, 0.25) is 0 Å². The lowest BCUT2D eigenvalue weighted by atomic mass is 10.1. The summed E-state index contributed by atoms with van der Waals surface area (Å²) in [6, 6.07) is 0. The quantitative estimate of drug-likeness (QED) is 0.147. The lowest BCUT2D eigenvalue weighted by molar-refractivity contribution is -0.809. The maximum Gasteiger partial charge on any atom is 0.290 e. The van der Waals surface area contributed by atoms with Crippen molar-refractivity contribution < 1.29 is 10.1 Å². The summed E-state index contributed by atoms with van der Waals surface area (Å²) in [6.07, 6.45) is 1.48. The number of nitrogens with two attached hydrogens (primary N) is 1. The number of nitrogens with one attached hydrogen (secondary N) is 2. The van der Waals surface area contributed by atoms with Gasteiger partial charge in [-0.05, 0) is 0 Å². The van der Waals surface area contributed by atoms with E-state index in [1.807, 2.05) is 0 Å². The van der Waals surface area contributed by atoms with Crippen molar-refractivity contribution >= 4 is 11.7 Å². The Labute approximate surface area is 65.0 Å². The highest BCUT2D eigenvalue weighted by atomic mass is 16.4. The van der Waals surface area contributed by atoms with Crippen molar-refractivity contribution in [3.8, 4) is 0 Å². The van der Waals surface area contributed by atoms with Crippen molar-refractivity contribution in [1.29, 1.82) is 5.41 Å². The first-order valence-corrected chi connectivity index (χ1v) is 3.63. The van der Waals surface area contributed by atoms with Gasteiger partial charge in [-0.2, -0.15) is 0 Å². The van der Waals surface area contributed by atoms with Gasteiger partial charge in [-0.25, -0.2) is 5.41 Å². The third kappa shape index (κ3) is 1.91. The van der Waals surface area contributed by atoms with E-state index in [4.69, 9.17) is 16.4 Å². The molecule has 0 aromatic rings. The molecule has 11 heavy (non-hydrogen) atoms. The third-order valence-corrected chi connectivity index (χ3v) is 1.95. The average molecular weight is 157 g/mol. The van der Waals surface area contributed by atoms with Crippen LogP contribution in [0.3, 0.4) is 0 Å². The number of likely N-dealkylation sites (tertiary alicyclic amines) is 1. The summed E-state index contributed by atoms with van der Waals surface area (Å²) in [7, 11) is 0. The molecule has 5 nitrogen and oxygen atoms in total. The zero-order valence-electron chi connectivity index (χ0n) is 6.30. The summed E-state index contributed by atoms with van der Waals surface area (Å²) in [4.78, 5) is 0.984. The van der Waals surface area contributed by atoms with E-state index in [0.29, 0.717) is 0 Å². The first-order chi connectivity index (χ1) is 5.24. The topological polar surface area (TPSA) is 86.9 Å². The molecule has 1 saturated heterocycles. The second-order valence-electron chi connectivity index (χ2n) is 2.68. The van der Waals surface area contributed by atoms with Gasteiger partial charge in [-0.3, -0.25) is 4.90 Å². The molecule has 5 heteroatoms. The van der Waals surface area contributed by atoms with E-state index < -0.39 is 0 Å². The molecule has 0 aromatic carbocycles. The van der Waals surface area contributed by atoms with Crippen molar-refractivity contribution in [3.05, 3.63) is 0 Å². The zero-order valence-corrected chi connectivity index (χ0v) is 6.30. The first-order valence-electron chi connectivity index (χ1n) is 3.63. The average Bonchev–Trinajstić information content (AvgIpc) is 2.05. The van der Waals surface area contributed by atoms with E-state index in [0.717, 1.165) is 36.5 Å². The van der Waals surface area contributed by atoms with Crippen molar-refractivity contribution in [2.75, 3.05) is 13.1 Å². The summed E-state index contributed by atoms with van der Waals surface area (Å²) < 4.78 is 0. The van der Waals surface area contributed by atoms with E-state index in [1.54, 1.807) is 0 Å². The van der Waals surface area contributed by atoms with Gasteiger partial charge in [0.05, 0.1) is 18.8 Å². The molecule has 0 amide bonds. The maximum atomic E-state index is 8.41. The Morgan fingerprint density at radius 1 is 1.55 bits per heavy atom. The molecule has 0 unspecified atom stereocenters. The van der Waals surface area contributed by atoms with Gasteiger partial charge in [0.1, 0.15) is 0 Å². The number of piperidine rings is 1. The molecule has 1 aliphatic heterocycles. The molecule has 62 valence electrons. The van der Waals surface area contributed by atoms with Crippen LogP contribution in [-0.2, 0) is 0 Å². The number of quaternary nitrogens is 1. The second kappa shape index (κ2) is 3.34. The standard InChI is InChI=1S/C6H12N4O/c7-6(8)10-3-1-5(9-11)2-4-10/h11H,1-4H2,(H3,7,8)/p+1. The molecule has 1 aliphatic rings. The zero-order chi connectivity index (χ0) is 8.27. The number of oxime groups is 1. The van der Waals surface area contributed by atoms with E-state index >= 15 is 0 Å². The highest BCUT2D eigenvalue weighted by Crippen LogP contribution is 1.92. The van der Waals surface area contributed by atoms with Crippen LogP contribution in [0.15, 0.2) is 5.16 Å². The van der Waals surface area contributed by atoms with E-state index in [2.05, 4.69) is 5.16 Å². The number of hydrogen-bond donors (Lipinski definition) is 4. The van der Waals surface area contributed by atoms with E-state index in [9.17, 15) is 0 Å². The van der Waals surface area contributed by atoms with Crippen LogP contribution in [-0.4, -0.2) is 30.0 Å². The minimum absolute atomic E-state index is 0.182. The van der Waals surface area contributed by atoms with Crippen LogP contribution in [0.5, 0.6) is 0 Å². The van der Waals surface area contributed by atoms with Crippen LogP contribution in [0.1, 0.15) is 12.8 Å². The summed E-state index contributed by atoms with van der Waals surface area (Å²) in [5.74, 6) is 0.182. The van der Waals surface area contributed by atoms with E-state index in [-0.39, 0.29) is 5.96 Å². The number of rotatable bonds is 0. The molecule has 0 aromatic heterocycles. The summed E-state index contributed by atoms with van der Waals surface area (Å²) in [5.41, 5.74) is 6.11. The molecule has 0 bridgehead atoms. The van der Waals surface area contributed by atoms with Crippen LogP contribution in [0.4, 0.5) is 0 Å². The van der Waals surface area contributed by atoms with Gasteiger partial charge in [-0.15, -0.1) is 0 Å². The highest BCUT2D eigenvalue weighted by molar-refractivity contribution is 5.84. The molecular weight excluding hydrogens is 144 g/mol. The summed E-state index contributed by atoms with van der Waals surface area (Å²) in [6.45, 7) is 1.55. The molecule has 5 N–H and O–H groups in total. The first kappa shape index (κ1) is 8.00. The Kier molecular flexibility index (Phi) is 2.43. The largest absolute Gasteiger partial charge is 0.411 e. The van der Waals surface area contributed by atoms with E-state index in [1.165, 1.54) is 0 Å². The van der Waals surface area contributed by atoms with Crippen molar-refractivity contribution in [3.63, 3.8) is 0 Å². The second-order valence-corrected chi connectivity index (χ2v) is 2.68. The van der Waals surface area contributed by atoms with Crippen LogP contribution in [0.2, 0.25) is 0 Å². The SMILES string of the molecule is N=C(N)[NH+]1CCC(=NO)CC1. The van der Waals surface area contributed by atoms with Crippen LogP contribution >= 0.6 is 0 Å². The molecule has 1 fully saturated rings. The molecule has 0 radical (unpaired) electrons. The Balaban J connectivity index is 2.42. The summed E-state index contributed by atoms with van der Waals surface area (Å²) in [5, 5.41) is 18.7. The molecule has 1 rings (SSSR count). The smallest absolute Gasteiger partial charge is 0.290 e. The molecule has 0 aliphatic carbocycles. The molecule has 0 spiro atoms. The van der Waals surface area contributed by atoms with Gasteiger partial charge in [-0.1, -0.05) is 5.16 Å². The fraction of sp³-hybridized carbons (Fsp3) is 0.667. The number of guanidine groups is 1. The predicted molar refractivity (Wildman–Crippen MR) is 41.1 cm³/mol. The van der Waals surface area contributed by atoms with Crippen molar-refractivity contribution in [1.82, 2.24) is 0 Å². The number of nitrogens with zero attached hydrogens (tertiary/aromatic N) is 1. The normalized spacial score (nSPS) is 24.7. The molecule has 0 atom stereocenters. The Morgan fingerprint density at radius 3 is 2.45 bits per heavy atom. The van der Waals surface area contributed by atoms with Crippen molar-refractivity contribution in [2.24, 2.45) is 10.9 Å². The Hall–Kier alpha value is -1.10. The number of hydrogen-bond acceptors (Lipinski definition) is 3. The molecule has 1 heterocycles. The Bertz CT molecular complexity index is 179. The minimum Gasteiger partial charge on any atom is -0.411 e. The van der Waals surface area contributed by atoms with Gasteiger partial charge < -0.3 is 10.9 Å². The fourth-order valence-corrected chi connectivity index (χ4v) is 1.21. The maximum absolute atomic E-state index is 8.41. The van der Waals surface area contributed by atoms with Gasteiger partial charge in [0.15, 0.2) is 0 Å². The lowest BCUT2D eigenvalue weighted by Crippen LogP contribution is -3.17. The fourth-order valence-electron chi connectivity index (χ4n) is 1.21. The van der Waals surface area contributed by atoms with Gasteiger partial charge >= 0.3 is 0 Å². The molecule has 0 saturated carbocycles. The van der Waals surface area contributed by atoms with Crippen LogP contribution < -0.4 is 10.6 Å². The summed E-state index contributed by atoms with van der Waals surface area (Å²) >= 11 is 0. The highest BCUT2D eigenvalue weighted by Gasteiger charge is 2.20. The third-order valence-electron chi connectivity index (χ3n) is 1.95. The van der Waals surface area contributed by atoms with Crippen molar-refractivity contribution in [2.45, 2.75) is 12.8 Å². The minimum atomic E-state index is 0.182. The Morgan fingerprint density at radius 2 is 2.09 bits per heavy atom. The van der Waals surface area contributed by atoms with Crippen LogP contribution in [0, 0.1) is 5.41 Å². The van der Waals surface area contributed by atoms with Gasteiger partial charge in [0.25, 0.3) is 5.96 Å². The predicted octanol–water partition coefficient (Wildman–Crippen LogP) is -1.61.